The lowest BCUT2D eigenvalue weighted by Gasteiger charge is -2.14. The van der Waals surface area contributed by atoms with E-state index in [9.17, 15) is 9.18 Å². The lowest BCUT2D eigenvalue weighted by molar-refractivity contribution is 0.102. The summed E-state index contributed by atoms with van der Waals surface area (Å²) >= 11 is 0. The van der Waals surface area contributed by atoms with Crippen LogP contribution in [0.2, 0.25) is 0 Å². The molecule has 0 atom stereocenters. The number of nitrogens with zero attached hydrogens (tertiary/aromatic N) is 3. The Bertz CT molecular complexity index is 1510. The Morgan fingerprint density at radius 1 is 1.17 bits per heavy atom. The second-order valence-corrected chi connectivity index (χ2v) is 9.07. The van der Waals surface area contributed by atoms with Crippen molar-refractivity contribution >= 4 is 28.4 Å². The second-order valence-electron chi connectivity index (χ2n) is 9.07. The van der Waals surface area contributed by atoms with Crippen LogP contribution in [-0.4, -0.2) is 34.6 Å². The average Bonchev–Trinajstić information content (AvgIpc) is 3.52. The summed E-state index contributed by atoms with van der Waals surface area (Å²) in [5.74, 6) is 6.08. The topological polar surface area (TPSA) is 81.1 Å². The Balaban J connectivity index is 1.68. The van der Waals surface area contributed by atoms with Crippen molar-refractivity contribution in [3.8, 4) is 11.8 Å². The molecular weight excluding hydrogens is 457 g/mol. The maximum atomic E-state index is 13.8. The molecule has 0 aliphatic heterocycles. The number of halogens is 1. The van der Waals surface area contributed by atoms with Gasteiger partial charge < -0.3 is 19.9 Å². The highest BCUT2D eigenvalue weighted by molar-refractivity contribution is 6.17. The molecule has 2 aromatic heterocycles. The molecule has 4 aromatic rings. The zero-order valence-electron chi connectivity index (χ0n) is 20.4. The number of carbonyl (C=O) groups excluding carboxylic acids is 1. The van der Waals surface area contributed by atoms with E-state index in [0.29, 0.717) is 46.0 Å². The molecule has 0 bridgehead atoms. The largest absolute Gasteiger partial charge is 0.380 e. The summed E-state index contributed by atoms with van der Waals surface area (Å²) in [6.07, 6.45) is 3.36. The highest BCUT2D eigenvalue weighted by Crippen LogP contribution is 2.47. The number of anilines is 2. The van der Waals surface area contributed by atoms with Gasteiger partial charge in [0.25, 0.3) is 5.91 Å². The molecule has 2 aromatic carbocycles. The minimum Gasteiger partial charge on any atom is -0.380 e. The summed E-state index contributed by atoms with van der Waals surface area (Å²) in [7, 11) is 3.39. The van der Waals surface area contributed by atoms with Crippen LogP contribution < -0.4 is 10.6 Å². The predicted octanol–water partition coefficient (Wildman–Crippen LogP) is 4.92. The zero-order chi connectivity index (χ0) is 25.3. The molecule has 0 saturated heterocycles. The number of benzene rings is 2. The summed E-state index contributed by atoms with van der Waals surface area (Å²) in [5.41, 5.74) is 3.50. The molecule has 1 aliphatic rings. The van der Waals surface area contributed by atoms with Crippen LogP contribution in [0, 0.1) is 17.7 Å². The normalized spacial score (nSPS) is 13.7. The Hall–Kier alpha value is -4.22. The van der Waals surface area contributed by atoms with Gasteiger partial charge >= 0.3 is 0 Å². The minimum atomic E-state index is -0.366. The molecule has 2 heterocycles. The standard InChI is InChI=1S/C28H26FN5O2/c1-28(13-14-28)34-22(12-9-18-5-4-6-20(29)15-18)23(24-25(30-2)31-17-32-26(24)34)27(35)33-21-10-7-19(8-11-21)16-36-3/h4-8,10-11,15,17H,13-14,16H2,1-3H3,(H,33,35)(H,30,31,32). The maximum Gasteiger partial charge on any atom is 0.259 e. The summed E-state index contributed by atoms with van der Waals surface area (Å²) in [5, 5.41) is 6.69. The van der Waals surface area contributed by atoms with Crippen molar-refractivity contribution in [2.24, 2.45) is 0 Å². The van der Waals surface area contributed by atoms with Crippen LogP contribution in [0.1, 0.15) is 46.9 Å². The van der Waals surface area contributed by atoms with E-state index in [4.69, 9.17) is 4.74 Å². The van der Waals surface area contributed by atoms with E-state index >= 15 is 0 Å². The van der Waals surface area contributed by atoms with E-state index in [2.05, 4.69) is 39.4 Å². The summed E-state index contributed by atoms with van der Waals surface area (Å²) in [4.78, 5) is 22.7. The van der Waals surface area contributed by atoms with Gasteiger partial charge in [0.1, 0.15) is 29.3 Å². The van der Waals surface area contributed by atoms with Crippen LogP contribution in [-0.2, 0) is 16.9 Å². The quantitative estimate of drug-likeness (QED) is 0.381. The third-order valence-corrected chi connectivity index (χ3v) is 6.40. The Morgan fingerprint density at radius 2 is 1.94 bits per heavy atom. The Labute approximate surface area is 208 Å². The van der Waals surface area contributed by atoms with E-state index in [-0.39, 0.29) is 17.3 Å². The number of fused-ring (bicyclic) bond motifs is 1. The average molecular weight is 484 g/mol. The smallest absolute Gasteiger partial charge is 0.259 e. The molecule has 8 heteroatoms. The number of hydrogen-bond acceptors (Lipinski definition) is 5. The van der Waals surface area contributed by atoms with Gasteiger partial charge in [-0.05, 0) is 61.6 Å². The number of hydrogen-bond donors (Lipinski definition) is 2. The van der Waals surface area contributed by atoms with Crippen molar-refractivity contribution < 1.29 is 13.9 Å². The molecule has 1 fully saturated rings. The van der Waals surface area contributed by atoms with Gasteiger partial charge in [-0.1, -0.05) is 24.1 Å². The molecule has 1 amide bonds. The van der Waals surface area contributed by atoms with Gasteiger partial charge in [0, 0.05) is 30.9 Å². The molecule has 1 aliphatic carbocycles. The van der Waals surface area contributed by atoms with E-state index in [1.165, 1.54) is 18.5 Å². The van der Waals surface area contributed by atoms with Gasteiger partial charge in [-0.15, -0.1) is 0 Å². The van der Waals surface area contributed by atoms with Crippen molar-refractivity contribution in [1.29, 1.82) is 0 Å². The first-order valence-corrected chi connectivity index (χ1v) is 11.7. The third kappa shape index (κ3) is 4.41. The lowest BCUT2D eigenvalue weighted by atomic mass is 10.1. The molecule has 36 heavy (non-hydrogen) atoms. The third-order valence-electron chi connectivity index (χ3n) is 6.40. The van der Waals surface area contributed by atoms with Crippen molar-refractivity contribution in [3.05, 3.63) is 83.1 Å². The van der Waals surface area contributed by atoms with Crippen molar-refractivity contribution in [2.75, 3.05) is 24.8 Å². The number of amides is 1. The predicted molar refractivity (Wildman–Crippen MR) is 137 cm³/mol. The molecule has 0 unspecified atom stereocenters. The second kappa shape index (κ2) is 9.44. The molecular formula is C28H26FN5O2. The van der Waals surface area contributed by atoms with Crippen molar-refractivity contribution in [1.82, 2.24) is 14.5 Å². The molecule has 0 radical (unpaired) electrons. The van der Waals surface area contributed by atoms with E-state index in [1.54, 1.807) is 26.3 Å². The van der Waals surface area contributed by atoms with Gasteiger partial charge in [0.05, 0.1) is 17.6 Å². The first-order valence-electron chi connectivity index (χ1n) is 11.7. The van der Waals surface area contributed by atoms with Gasteiger partial charge in [-0.3, -0.25) is 4.79 Å². The molecule has 182 valence electrons. The summed E-state index contributed by atoms with van der Waals surface area (Å²) in [6, 6.07) is 13.6. The van der Waals surface area contributed by atoms with Crippen LogP contribution in [0.15, 0.2) is 54.9 Å². The number of ether oxygens (including phenoxy) is 1. The molecule has 2 N–H and O–H groups in total. The number of rotatable bonds is 6. The maximum absolute atomic E-state index is 13.8. The lowest BCUT2D eigenvalue weighted by Crippen LogP contribution is -2.18. The molecule has 5 rings (SSSR count). The van der Waals surface area contributed by atoms with Gasteiger partial charge in [-0.25, -0.2) is 14.4 Å². The van der Waals surface area contributed by atoms with Crippen LogP contribution >= 0.6 is 0 Å². The first-order chi connectivity index (χ1) is 17.4. The van der Waals surface area contributed by atoms with Crippen molar-refractivity contribution in [3.63, 3.8) is 0 Å². The van der Waals surface area contributed by atoms with Gasteiger partial charge in [0.2, 0.25) is 0 Å². The SMILES string of the molecule is CNc1ncnc2c1c(C(=O)Nc1ccc(COC)cc1)c(C#Cc1cccc(F)c1)n2C1(C)CC1. The van der Waals surface area contributed by atoms with Crippen LogP contribution in [0.3, 0.4) is 0 Å². The van der Waals surface area contributed by atoms with Gasteiger partial charge in [0.15, 0.2) is 0 Å². The fourth-order valence-corrected chi connectivity index (χ4v) is 4.31. The van der Waals surface area contributed by atoms with Gasteiger partial charge in [-0.2, -0.15) is 0 Å². The zero-order valence-corrected chi connectivity index (χ0v) is 20.4. The minimum absolute atomic E-state index is 0.218. The fraction of sp³-hybridized carbons (Fsp3) is 0.250. The monoisotopic (exact) mass is 483 g/mol. The van der Waals surface area contributed by atoms with E-state index in [0.717, 1.165) is 18.4 Å². The molecule has 0 spiro atoms. The molecule has 7 nitrogen and oxygen atoms in total. The highest BCUT2D eigenvalue weighted by Gasteiger charge is 2.44. The number of carbonyl (C=O) groups is 1. The van der Waals surface area contributed by atoms with E-state index < -0.39 is 0 Å². The van der Waals surface area contributed by atoms with E-state index in [1.807, 2.05) is 28.8 Å². The van der Waals surface area contributed by atoms with Crippen LogP contribution in [0.25, 0.3) is 11.0 Å². The van der Waals surface area contributed by atoms with Crippen molar-refractivity contribution in [2.45, 2.75) is 31.9 Å². The molecule has 1 saturated carbocycles. The number of aromatic nitrogens is 3. The Morgan fingerprint density at radius 3 is 2.61 bits per heavy atom. The Kier molecular flexibility index (Phi) is 6.17. The highest BCUT2D eigenvalue weighted by atomic mass is 19.1. The van der Waals surface area contributed by atoms with Crippen LogP contribution in [0.4, 0.5) is 15.9 Å². The van der Waals surface area contributed by atoms with Crippen LogP contribution in [0.5, 0.6) is 0 Å². The number of methoxy groups -OCH3 is 1. The summed E-state index contributed by atoms with van der Waals surface area (Å²) in [6.45, 7) is 2.61. The first kappa shape index (κ1) is 23.5. The summed E-state index contributed by atoms with van der Waals surface area (Å²) < 4.78 is 21.0. The fourth-order valence-electron chi connectivity index (χ4n) is 4.31. The number of nitrogens with one attached hydrogen (secondary N) is 2.